The van der Waals surface area contributed by atoms with Crippen LogP contribution in [0.5, 0.6) is 0 Å². The van der Waals surface area contributed by atoms with Gasteiger partial charge in [0.15, 0.2) is 5.79 Å². The minimum Gasteiger partial charge on any atom is -0.350 e. The fourth-order valence-corrected chi connectivity index (χ4v) is 3.87. The highest BCUT2D eigenvalue weighted by molar-refractivity contribution is 4.94. The molecule has 1 aliphatic heterocycles. The third-order valence-electron chi connectivity index (χ3n) is 3.99. The standard InChI is InChI=1S/C14H26O2/c1-11-6-12(2,3)8-14(7-11)9-15-13(4,5)16-10-14/h11H,6-10H2,1-5H3. The summed E-state index contributed by atoms with van der Waals surface area (Å²) in [6.07, 6.45) is 3.82. The molecule has 0 aromatic heterocycles. The zero-order valence-electron chi connectivity index (χ0n) is 11.4. The Morgan fingerprint density at radius 3 is 2.00 bits per heavy atom. The van der Waals surface area contributed by atoms with Gasteiger partial charge in [0, 0.05) is 5.41 Å². The van der Waals surface area contributed by atoms with Crippen LogP contribution in [0.15, 0.2) is 0 Å². The highest BCUT2D eigenvalue weighted by atomic mass is 16.7. The van der Waals surface area contributed by atoms with E-state index < -0.39 is 0 Å². The van der Waals surface area contributed by atoms with Crippen LogP contribution in [0.1, 0.15) is 53.9 Å². The van der Waals surface area contributed by atoms with Crippen molar-refractivity contribution in [2.45, 2.75) is 59.7 Å². The van der Waals surface area contributed by atoms with E-state index >= 15 is 0 Å². The van der Waals surface area contributed by atoms with E-state index in [1.807, 2.05) is 13.8 Å². The van der Waals surface area contributed by atoms with Crippen LogP contribution < -0.4 is 0 Å². The Kier molecular flexibility index (Phi) is 2.87. The fourth-order valence-electron chi connectivity index (χ4n) is 3.87. The Hall–Kier alpha value is -0.0800. The van der Waals surface area contributed by atoms with E-state index in [0.717, 1.165) is 19.1 Å². The van der Waals surface area contributed by atoms with Crippen molar-refractivity contribution in [3.63, 3.8) is 0 Å². The third-order valence-corrected chi connectivity index (χ3v) is 3.99. The molecule has 0 aromatic rings. The lowest BCUT2D eigenvalue weighted by Gasteiger charge is -2.51. The summed E-state index contributed by atoms with van der Waals surface area (Å²) < 4.78 is 11.8. The summed E-state index contributed by atoms with van der Waals surface area (Å²) in [5, 5.41) is 0. The summed E-state index contributed by atoms with van der Waals surface area (Å²) in [6, 6.07) is 0. The van der Waals surface area contributed by atoms with E-state index in [2.05, 4.69) is 20.8 Å². The average Bonchev–Trinajstić information content (AvgIpc) is 2.08. The van der Waals surface area contributed by atoms with Gasteiger partial charge in [-0.05, 0) is 44.4 Å². The molecule has 1 spiro atoms. The molecule has 1 atom stereocenters. The van der Waals surface area contributed by atoms with Gasteiger partial charge in [-0.1, -0.05) is 20.8 Å². The van der Waals surface area contributed by atoms with Crippen molar-refractivity contribution in [2.75, 3.05) is 13.2 Å². The van der Waals surface area contributed by atoms with Crippen LogP contribution in [-0.4, -0.2) is 19.0 Å². The van der Waals surface area contributed by atoms with Crippen molar-refractivity contribution in [1.82, 2.24) is 0 Å². The molecule has 1 unspecified atom stereocenters. The smallest absolute Gasteiger partial charge is 0.162 e. The Labute approximate surface area is 99.7 Å². The molecule has 16 heavy (non-hydrogen) atoms. The van der Waals surface area contributed by atoms with E-state index in [4.69, 9.17) is 9.47 Å². The zero-order valence-corrected chi connectivity index (χ0v) is 11.4. The molecular formula is C14H26O2. The summed E-state index contributed by atoms with van der Waals surface area (Å²) in [5.41, 5.74) is 0.711. The van der Waals surface area contributed by atoms with E-state index in [0.29, 0.717) is 5.41 Å². The maximum atomic E-state index is 5.88. The van der Waals surface area contributed by atoms with Crippen LogP contribution in [0.2, 0.25) is 0 Å². The Morgan fingerprint density at radius 1 is 0.938 bits per heavy atom. The first-order valence-electron chi connectivity index (χ1n) is 6.50. The Morgan fingerprint density at radius 2 is 1.50 bits per heavy atom. The van der Waals surface area contributed by atoms with Crippen LogP contribution in [0, 0.1) is 16.7 Å². The van der Waals surface area contributed by atoms with E-state index in [1.165, 1.54) is 19.3 Å². The monoisotopic (exact) mass is 226 g/mol. The largest absolute Gasteiger partial charge is 0.350 e. The third kappa shape index (κ3) is 2.60. The van der Waals surface area contributed by atoms with Crippen molar-refractivity contribution < 1.29 is 9.47 Å². The molecule has 2 rings (SSSR count). The van der Waals surface area contributed by atoms with Gasteiger partial charge in [0.2, 0.25) is 0 Å². The SMILES string of the molecule is CC1CC(C)(C)CC2(COC(C)(C)OC2)C1. The van der Waals surface area contributed by atoms with Crippen molar-refractivity contribution in [3.8, 4) is 0 Å². The molecule has 0 aromatic carbocycles. The van der Waals surface area contributed by atoms with Crippen molar-refractivity contribution in [2.24, 2.45) is 16.7 Å². The molecule has 1 saturated carbocycles. The lowest BCUT2D eigenvalue weighted by molar-refractivity contribution is -0.296. The van der Waals surface area contributed by atoms with Crippen LogP contribution >= 0.6 is 0 Å². The van der Waals surface area contributed by atoms with Crippen LogP contribution in [0.25, 0.3) is 0 Å². The van der Waals surface area contributed by atoms with Crippen LogP contribution in [-0.2, 0) is 9.47 Å². The summed E-state index contributed by atoms with van der Waals surface area (Å²) in [4.78, 5) is 0. The van der Waals surface area contributed by atoms with Gasteiger partial charge in [0.05, 0.1) is 13.2 Å². The molecule has 2 fully saturated rings. The molecule has 2 aliphatic rings. The van der Waals surface area contributed by atoms with Gasteiger partial charge in [-0.15, -0.1) is 0 Å². The number of hydrogen-bond donors (Lipinski definition) is 0. The van der Waals surface area contributed by atoms with Crippen LogP contribution in [0.4, 0.5) is 0 Å². The van der Waals surface area contributed by atoms with Gasteiger partial charge >= 0.3 is 0 Å². The minimum atomic E-state index is -0.379. The second-order valence-electron chi connectivity index (χ2n) is 7.33. The van der Waals surface area contributed by atoms with E-state index in [-0.39, 0.29) is 11.2 Å². The van der Waals surface area contributed by atoms with E-state index in [1.54, 1.807) is 0 Å². The Balaban J connectivity index is 2.08. The van der Waals surface area contributed by atoms with Gasteiger partial charge < -0.3 is 9.47 Å². The molecule has 1 saturated heterocycles. The van der Waals surface area contributed by atoms with Crippen LogP contribution in [0.3, 0.4) is 0 Å². The Bertz CT molecular complexity index is 258. The molecule has 1 aliphatic carbocycles. The first kappa shape index (κ1) is 12.4. The molecule has 0 bridgehead atoms. The highest BCUT2D eigenvalue weighted by Gasteiger charge is 2.47. The summed E-state index contributed by atoms with van der Waals surface area (Å²) in [5.74, 6) is 0.410. The lowest BCUT2D eigenvalue weighted by Crippen LogP contribution is -2.51. The van der Waals surface area contributed by atoms with Crippen molar-refractivity contribution in [3.05, 3.63) is 0 Å². The molecule has 0 N–H and O–H groups in total. The van der Waals surface area contributed by atoms with Crippen molar-refractivity contribution >= 4 is 0 Å². The van der Waals surface area contributed by atoms with Crippen molar-refractivity contribution in [1.29, 1.82) is 0 Å². The zero-order chi connectivity index (χ0) is 12.0. The van der Waals surface area contributed by atoms with Gasteiger partial charge in [0.1, 0.15) is 0 Å². The first-order chi connectivity index (χ1) is 7.22. The number of ether oxygens (including phenoxy) is 2. The summed E-state index contributed by atoms with van der Waals surface area (Å²) in [6.45, 7) is 12.9. The fraction of sp³-hybridized carbons (Fsp3) is 1.00. The van der Waals surface area contributed by atoms with Gasteiger partial charge in [-0.2, -0.15) is 0 Å². The highest BCUT2D eigenvalue weighted by Crippen LogP contribution is 2.51. The van der Waals surface area contributed by atoms with Gasteiger partial charge in [0.25, 0.3) is 0 Å². The average molecular weight is 226 g/mol. The lowest BCUT2D eigenvalue weighted by atomic mass is 9.60. The molecule has 94 valence electrons. The predicted molar refractivity (Wildman–Crippen MR) is 65.2 cm³/mol. The summed E-state index contributed by atoms with van der Waals surface area (Å²) in [7, 11) is 0. The molecule has 2 heteroatoms. The maximum absolute atomic E-state index is 5.88. The minimum absolute atomic E-state index is 0.274. The predicted octanol–water partition coefficient (Wildman–Crippen LogP) is 3.60. The van der Waals surface area contributed by atoms with Gasteiger partial charge in [-0.25, -0.2) is 0 Å². The molecule has 1 heterocycles. The topological polar surface area (TPSA) is 18.5 Å². The molecule has 0 amide bonds. The second-order valence-corrected chi connectivity index (χ2v) is 7.33. The number of rotatable bonds is 0. The summed E-state index contributed by atoms with van der Waals surface area (Å²) >= 11 is 0. The number of hydrogen-bond acceptors (Lipinski definition) is 2. The second kappa shape index (κ2) is 3.71. The first-order valence-corrected chi connectivity index (χ1v) is 6.50. The maximum Gasteiger partial charge on any atom is 0.162 e. The molecule has 0 radical (unpaired) electrons. The van der Waals surface area contributed by atoms with Gasteiger partial charge in [-0.3, -0.25) is 0 Å². The van der Waals surface area contributed by atoms with E-state index in [9.17, 15) is 0 Å². The molecular weight excluding hydrogens is 200 g/mol. The quantitative estimate of drug-likeness (QED) is 0.628. The molecule has 2 nitrogen and oxygen atoms in total. The normalized spacial score (nSPS) is 36.2.